The number of sulfonamides is 1. The molecule has 0 atom stereocenters. The van der Waals surface area contributed by atoms with Crippen LogP contribution in [0.4, 0.5) is 13.2 Å². The van der Waals surface area contributed by atoms with E-state index < -0.39 is 21.7 Å². The van der Waals surface area contributed by atoms with Crippen LogP contribution < -0.4 is 4.72 Å². The molecule has 1 aliphatic carbocycles. The molecule has 106 valence electrons. The predicted octanol–water partition coefficient (Wildman–Crippen LogP) is 3.48. The standard InChI is InChI=1S/C10H8BrClF3NO2S/c11-7-5-6(1-2-8(7)12)19(17,18)16-9(3-4-9)10(13,14)15/h1-2,5,16H,3-4H2. The van der Waals surface area contributed by atoms with Gasteiger partial charge in [0.15, 0.2) is 0 Å². The van der Waals surface area contributed by atoms with Crippen LogP contribution in [0.1, 0.15) is 12.8 Å². The van der Waals surface area contributed by atoms with Gasteiger partial charge in [-0.15, -0.1) is 0 Å². The molecule has 0 aliphatic heterocycles. The van der Waals surface area contributed by atoms with Crippen molar-refractivity contribution in [2.24, 2.45) is 0 Å². The molecule has 1 aromatic rings. The second-order valence-corrected chi connectivity index (χ2v) is 7.21. The van der Waals surface area contributed by atoms with Gasteiger partial charge in [0.05, 0.1) is 9.92 Å². The van der Waals surface area contributed by atoms with E-state index >= 15 is 0 Å². The molecule has 0 spiro atoms. The first kappa shape index (κ1) is 15.1. The van der Waals surface area contributed by atoms with Crippen LogP contribution in [0.5, 0.6) is 0 Å². The Balaban J connectivity index is 2.31. The maximum Gasteiger partial charge on any atom is 0.407 e. The van der Waals surface area contributed by atoms with Gasteiger partial charge < -0.3 is 0 Å². The number of alkyl halides is 3. The zero-order valence-electron chi connectivity index (χ0n) is 9.26. The van der Waals surface area contributed by atoms with E-state index in [-0.39, 0.29) is 22.8 Å². The largest absolute Gasteiger partial charge is 0.407 e. The second kappa shape index (κ2) is 4.61. The minimum Gasteiger partial charge on any atom is -0.207 e. The van der Waals surface area contributed by atoms with Crippen molar-refractivity contribution in [3.63, 3.8) is 0 Å². The van der Waals surface area contributed by atoms with Gasteiger partial charge in [0, 0.05) is 4.47 Å². The minimum atomic E-state index is -4.59. The van der Waals surface area contributed by atoms with E-state index in [0.29, 0.717) is 4.47 Å². The molecule has 0 saturated heterocycles. The highest BCUT2D eigenvalue weighted by Gasteiger charge is 2.65. The van der Waals surface area contributed by atoms with E-state index in [0.717, 1.165) is 12.1 Å². The second-order valence-electron chi connectivity index (χ2n) is 4.26. The Labute approximate surface area is 121 Å². The Morgan fingerprint density at radius 1 is 1.32 bits per heavy atom. The molecule has 2 rings (SSSR count). The van der Waals surface area contributed by atoms with E-state index in [9.17, 15) is 21.6 Å². The van der Waals surface area contributed by atoms with Crippen LogP contribution in [-0.4, -0.2) is 20.1 Å². The van der Waals surface area contributed by atoms with Crippen LogP contribution >= 0.6 is 27.5 Å². The quantitative estimate of drug-likeness (QED) is 0.875. The van der Waals surface area contributed by atoms with Gasteiger partial charge in [0.2, 0.25) is 10.0 Å². The molecule has 1 aromatic carbocycles. The van der Waals surface area contributed by atoms with Crippen LogP contribution in [-0.2, 0) is 10.0 Å². The van der Waals surface area contributed by atoms with Crippen molar-refractivity contribution < 1.29 is 21.6 Å². The molecular formula is C10H8BrClF3NO2S. The molecule has 0 unspecified atom stereocenters. The number of nitrogens with one attached hydrogen (secondary N) is 1. The maximum absolute atomic E-state index is 12.7. The van der Waals surface area contributed by atoms with Crippen molar-refractivity contribution in [2.75, 3.05) is 0 Å². The third-order valence-corrected chi connectivity index (χ3v) is 5.57. The van der Waals surface area contributed by atoms with E-state index in [1.807, 2.05) is 0 Å². The molecule has 0 amide bonds. The molecule has 1 aliphatic rings. The Bertz CT molecular complexity index is 614. The van der Waals surface area contributed by atoms with E-state index in [2.05, 4.69) is 15.9 Å². The molecular weight excluding hydrogens is 371 g/mol. The van der Waals surface area contributed by atoms with Gasteiger partial charge in [-0.05, 0) is 47.0 Å². The maximum atomic E-state index is 12.7. The Morgan fingerprint density at radius 2 is 1.89 bits per heavy atom. The highest BCUT2D eigenvalue weighted by Crippen LogP contribution is 2.49. The lowest BCUT2D eigenvalue weighted by atomic mass is 10.3. The number of hydrogen-bond acceptors (Lipinski definition) is 2. The third-order valence-electron chi connectivity index (χ3n) is 2.82. The van der Waals surface area contributed by atoms with Crippen LogP contribution in [0.3, 0.4) is 0 Å². The van der Waals surface area contributed by atoms with Crippen LogP contribution in [0, 0.1) is 0 Å². The first-order chi connectivity index (χ1) is 8.57. The lowest BCUT2D eigenvalue weighted by molar-refractivity contribution is -0.160. The average molecular weight is 379 g/mol. The number of rotatable bonds is 3. The van der Waals surface area contributed by atoms with E-state index in [1.54, 1.807) is 4.72 Å². The molecule has 1 saturated carbocycles. The fourth-order valence-electron chi connectivity index (χ4n) is 1.53. The summed E-state index contributed by atoms with van der Waals surface area (Å²) in [6.07, 6.45) is -5.08. The lowest BCUT2D eigenvalue weighted by Crippen LogP contribution is -2.47. The van der Waals surface area contributed by atoms with Gasteiger partial charge in [-0.3, -0.25) is 0 Å². The normalized spacial score (nSPS) is 18.4. The smallest absolute Gasteiger partial charge is 0.207 e. The summed E-state index contributed by atoms with van der Waals surface area (Å²) in [5, 5.41) is 0.274. The monoisotopic (exact) mass is 377 g/mol. The fraction of sp³-hybridized carbons (Fsp3) is 0.400. The van der Waals surface area contributed by atoms with Crippen LogP contribution in [0.25, 0.3) is 0 Å². The molecule has 0 radical (unpaired) electrons. The molecule has 9 heteroatoms. The Hall–Kier alpha value is -0.310. The molecule has 19 heavy (non-hydrogen) atoms. The van der Waals surface area contributed by atoms with Crippen molar-refractivity contribution >= 4 is 37.6 Å². The summed E-state index contributed by atoms with van der Waals surface area (Å²) in [5.74, 6) is 0. The Morgan fingerprint density at radius 3 is 2.32 bits per heavy atom. The number of halogens is 5. The van der Waals surface area contributed by atoms with Gasteiger partial charge >= 0.3 is 6.18 Å². The first-order valence-corrected chi connectivity index (χ1v) is 7.79. The van der Waals surface area contributed by atoms with Gasteiger partial charge in [-0.1, -0.05) is 11.6 Å². The SMILES string of the molecule is O=S(=O)(NC1(C(F)(F)F)CC1)c1ccc(Cl)c(Br)c1. The van der Waals surface area contributed by atoms with Gasteiger partial charge in [-0.25, -0.2) is 8.42 Å². The predicted molar refractivity (Wildman–Crippen MR) is 67.5 cm³/mol. The zero-order valence-corrected chi connectivity index (χ0v) is 12.4. The average Bonchev–Trinajstić information content (AvgIpc) is 3.01. The topological polar surface area (TPSA) is 46.2 Å². The summed E-state index contributed by atoms with van der Waals surface area (Å²) in [6.45, 7) is 0. The van der Waals surface area contributed by atoms with Crippen LogP contribution in [0.15, 0.2) is 27.6 Å². The third kappa shape index (κ3) is 2.91. The number of benzene rings is 1. The molecule has 0 heterocycles. The molecule has 0 bridgehead atoms. The summed E-state index contributed by atoms with van der Waals surface area (Å²) >= 11 is 8.73. The summed E-state index contributed by atoms with van der Waals surface area (Å²) in [5.41, 5.74) is -2.32. The molecule has 1 fully saturated rings. The summed E-state index contributed by atoms with van der Waals surface area (Å²) in [4.78, 5) is -0.265. The van der Waals surface area contributed by atoms with Crippen molar-refractivity contribution in [1.82, 2.24) is 4.72 Å². The van der Waals surface area contributed by atoms with Crippen molar-refractivity contribution in [2.45, 2.75) is 29.5 Å². The zero-order chi connectivity index (χ0) is 14.5. The van der Waals surface area contributed by atoms with Crippen molar-refractivity contribution in [3.05, 3.63) is 27.7 Å². The Kier molecular flexibility index (Phi) is 3.66. The van der Waals surface area contributed by atoms with Gasteiger partial charge in [0.25, 0.3) is 0 Å². The number of hydrogen-bond donors (Lipinski definition) is 1. The summed E-state index contributed by atoms with van der Waals surface area (Å²) < 4.78 is 64.1. The molecule has 3 nitrogen and oxygen atoms in total. The van der Waals surface area contributed by atoms with Crippen LogP contribution in [0.2, 0.25) is 5.02 Å². The highest BCUT2D eigenvalue weighted by atomic mass is 79.9. The summed E-state index contributed by atoms with van der Waals surface area (Å²) in [7, 11) is -4.24. The van der Waals surface area contributed by atoms with Crippen molar-refractivity contribution in [3.8, 4) is 0 Å². The first-order valence-electron chi connectivity index (χ1n) is 5.13. The van der Waals surface area contributed by atoms with E-state index in [4.69, 9.17) is 11.6 Å². The fourth-order valence-corrected chi connectivity index (χ4v) is 3.65. The highest BCUT2D eigenvalue weighted by molar-refractivity contribution is 9.10. The van der Waals surface area contributed by atoms with Gasteiger partial charge in [0.1, 0.15) is 5.54 Å². The molecule has 0 aromatic heterocycles. The van der Waals surface area contributed by atoms with Gasteiger partial charge in [-0.2, -0.15) is 17.9 Å². The lowest BCUT2D eigenvalue weighted by Gasteiger charge is -2.20. The minimum absolute atomic E-state index is 0.246. The summed E-state index contributed by atoms with van der Waals surface area (Å²) in [6, 6.07) is 3.62. The van der Waals surface area contributed by atoms with Crippen molar-refractivity contribution in [1.29, 1.82) is 0 Å². The molecule has 1 N–H and O–H groups in total. The van der Waals surface area contributed by atoms with E-state index in [1.165, 1.54) is 6.07 Å².